The number of hydrogen-bond acceptors (Lipinski definition) is 3. The zero-order chi connectivity index (χ0) is 14.7. The van der Waals surface area contributed by atoms with Crippen LogP contribution in [0.2, 0.25) is 0 Å². The molecule has 2 aromatic heterocycles. The van der Waals surface area contributed by atoms with E-state index in [1.807, 2.05) is 59.4 Å². The van der Waals surface area contributed by atoms with Crippen molar-refractivity contribution in [3.8, 4) is 0 Å². The minimum atomic E-state index is 0.787. The summed E-state index contributed by atoms with van der Waals surface area (Å²) in [5, 5.41) is 10.8. The number of hydrazone groups is 1. The van der Waals surface area contributed by atoms with E-state index in [9.17, 15) is 0 Å². The highest BCUT2D eigenvalue weighted by atomic mass is 15.4. The molecule has 0 saturated heterocycles. The van der Waals surface area contributed by atoms with Crippen molar-refractivity contribution in [1.29, 1.82) is 0 Å². The number of nitrogens with zero attached hydrogens (tertiary/aromatic N) is 4. The van der Waals surface area contributed by atoms with Crippen LogP contribution in [0.15, 0.2) is 60.0 Å². The fourth-order valence-electron chi connectivity index (χ4n) is 2.25. The van der Waals surface area contributed by atoms with Gasteiger partial charge in [0.2, 0.25) is 0 Å². The minimum Gasteiger partial charge on any atom is -0.296 e. The first-order valence-corrected chi connectivity index (χ1v) is 6.95. The summed E-state index contributed by atoms with van der Waals surface area (Å²) in [5.74, 6) is 0. The van der Waals surface area contributed by atoms with Crippen LogP contribution >= 0.6 is 0 Å². The molecule has 0 atom stereocenters. The predicted molar refractivity (Wildman–Crippen MR) is 85.4 cm³/mol. The molecule has 0 unspecified atom stereocenters. The highest BCUT2D eigenvalue weighted by Crippen LogP contribution is 2.11. The summed E-state index contributed by atoms with van der Waals surface area (Å²) in [6.07, 6.45) is 5.68. The second-order valence-electron chi connectivity index (χ2n) is 5.18. The SMILES string of the molecule is Cc1ccn2ncc(/C=N/N(C)Cc3ccccc3)c2c1. The van der Waals surface area contributed by atoms with Gasteiger partial charge >= 0.3 is 0 Å². The molecule has 1 aromatic carbocycles. The van der Waals surface area contributed by atoms with Crippen LogP contribution in [0.3, 0.4) is 0 Å². The van der Waals surface area contributed by atoms with Crippen molar-refractivity contribution in [2.75, 3.05) is 7.05 Å². The van der Waals surface area contributed by atoms with E-state index in [0.29, 0.717) is 0 Å². The zero-order valence-electron chi connectivity index (χ0n) is 12.3. The summed E-state index contributed by atoms with van der Waals surface area (Å²) in [5.41, 5.74) is 4.56. The third-order valence-corrected chi connectivity index (χ3v) is 3.35. The predicted octanol–water partition coefficient (Wildman–Crippen LogP) is 3.11. The van der Waals surface area contributed by atoms with E-state index in [4.69, 9.17) is 0 Å². The third-order valence-electron chi connectivity index (χ3n) is 3.35. The summed E-state index contributed by atoms with van der Waals surface area (Å²) in [4.78, 5) is 0. The second kappa shape index (κ2) is 5.79. The van der Waals surface area contributed by atoms with Crippen molar-refractivity contribution < 1.29 is 0 Å². The average molecular weight is 278 g/mol. The Bertz CT molecular complexity index is 759. The molecule has 0 aliphatic carbocycles. The molecular weight excluding hydrogens is 260 g/mol. The molecule has 0 amide bonds. The fraction of sp³-hybridized carbons (Fsp3) is 0.176. The van der Waals surface area contributed by atoms with Crippen LogP contribution < -0.4 is 0 Å². The van der Waals surface area contributed by atoms with Crippen molar-refractivity contribution in [3.63, 3.8) is 0 Å². The molecule has 0 bridgehead atoms. The van der Waals surface area contributed by atoms with Gasteiger partial charge in [-0.2, -0.15) is 10.2 Å². The second-order valence-corrected chi connectivity index (χ2v) is 5.18. The molecule has 0 N–H and O–H groups in total. The first-order valence-electron chi connectivity index (χ1n) is 6.95. The maximum Gasteiger partial charge on any atom is 0.0752 e. The largest absolute Gasteiger partial charge is 0.296 e. The molecule has 3 aromatic rings. The van der Waals surface area contributed by atoms with Crippen LogP contribution in [0.4, 0.5) is 0 Å². The van der Waals surface area contributed by atoms with Gasteiger partial charge in [0.15, 0.2) is 0 Å². The Labute approximate surface area is 124 Å². The smallest absolute Gasteiger partial charge is 0.0752 e. The molecule has 0 spiro atoms. The van der Waals surface area contributed by atoms with Crippen LogP contribution in [0.5, 0.6) is 0 Å². The standard InChI is InChI=1S/C17H18N4/c1-14-8-9-21-17(10-14)16(12-19-21)11-18-20(2)13-15-6-4-3-5-7-15/h3-12H,13H2,1-2H3/b18-11+. The molecule has 0 aliphatic heterocycles. The Morgan fingerprint density at radius 2 is 2.05 bits per heavy atom. The van der Waals surface area contributed by atoms with Gasteiger partial charge in [0.25, 0.3) is 0 Å². The maximum atomic E-state index is 4.50. The van der Waals surface area contributed by atoms with Gasteiger partial charge in [0, 0.05) is 18.8 Å². The molecule has 3 rings (SSSR count). The van der Waals surface area contributed by atoms with Crippen LogP contribution in [-0.4, -0.2) is 27.9 Å². The molecule has 4 nitrogen and oxygen atoms in total. The molecule has 0 saturated carbocycles. The summed E-state index contributed by atoms with van der Waals surface area (Å²) in [7, 11) is 1.97. The van der Waals surface area contributed by atoms with E-state index >= 15 is 0 Å². The summed E-state index contributed by atoms with van der Waals surface area (Å²) >= 11 is 0. The van der Waals surface area contributed by atoms with Gasteiger partial charge in [-0.1, -0.05) is 30.3 Å². The van der Waals surface area contributed by atoms with Gasteiger partial charge in [0.05, 0.1) is 24.5 Å². The van der Waals surface area contributed by atoms with E-state index in [1.165, 1.54) is 11.1 Å². The molecule has 0 radical (unpaired) electrons. The topological polar surface area (TPSA) is 32.9 Å². The van der Waals surface area contributed by atoms with Crippen molar-refractivity contribution >= 4 is 11.7 Å². The quantitative estimate of drug-likeness (QED) is 0.542. The van der Waals surface area contributed by atoms with Crippen molar-refractivity contribution in [1.82, 2.24) is 14.6 Å². The van der Waals surface area contributed by atoms with E-state index < -0.39 is 0 Å². The lowest BCUT2D eigenvalue weighted by molar-refractivity contribution is 0.349. The monoisotopic (exact) mass is 278 g/mol. The van der Waals surface area contributed by atoms with Crippen LogP contribution in [-0.2, 0) is 6.54 Å². The third kappa shape index (κ3) is 3.11. The number of pyridine rings is 1. The Morgan fingerprint density at radius 1 is 1.24 bits per heavy atom. The number of rotatable bonds is 4. The fourth-order valence-corrected chi connectivity index (χ4v) is 2.25. The Morgan fingerprint density at radius 3 is 2.86 bits per heavy atom. The lowest BCUT2D eigenvalue weighted by Crippen LogP contribution is -2.10. The number of aromatic nitrogens is 2. The zero-order valence-corrected chi connectivity index (χ0v) is 12.3. The first kappa shape index (κ1) is 13.4. The average Bonchev–Trinajstić information content (AvgIpc) is 2.88. The van der Waals surface area contributed by atoms with Gasteiger partial charge in [-0.05, 0) is 30.2 Å². The number of benzene rings is 1. The Balaban J connectivity index is 1.76. The number of aryl methyl sites for hydroxylation is 1. The normalized spacial score (nSPS) is 11.3. The number of fused-ring (bicyclic) bond motifs is 1. The Kier molecular flexibility index (Phi) is 3.69. The van der Waals surface area contributed by atoms with Gasteiger partial charge in [-0.25, -0.2) is 4.52 Å². The van der Waals surface area contributed by atoms with Crippen LogP contribution in [0.25, 0.3) is 5.52 Å². The van der Waals surface area contributed by atoms with E-state index in [-0.39, 0.29) is 0 Å². The van der Waals surface area contributed by atoms with Crippen LogP contribution in [0, 0.1) is 6.92 Å². The lowest BCUT2D eigenvalue weighted by Gasteiger charge is -2.12. The van der Waals surface area contributed by atoms with Crippen molar-refractivity contribution in [2.24, 2.45) is 5.10 Å². The van der Waals surface area contributed by atoms with Gasteiger partial charge in [-0.15, -0.1) is 0 Å². The molecular formula is C17H18N4. The van der Waals surface area contributed by atoms with Gasteiger partial charge < -0.3 is 0 Å². The van der Waals surface area contributed by atoms with Crippen LogP contribution in [0.1, 0.15) is 16.7 Å². The Hall–Kier alpha value is -2.62. The molecule has 2 heterocycles. The maximum absolute atomic E-state index is 4.50. The molecule has 4 heteroatoms. The molecule has 106 valence electrons. The molecule has 21 heavy (non-hydrogen) atoms. The van der Waals surface area contributed by atoms with Gasteiger partial charge in [-0.3, -0.25) is 5.01 Å². The molecule has 0 aliphatic rings. The van der Waals surface area contributed by atoms with E-state index in [0.717, 1.165) is 17.6 Å². The highest BCUT2D eigenvalue weighted by Gasteiger charge is 2.02. The van der Waals surface area contributed by atoms with E-state index in [2.05, 4.69) is 35.3 Å². The van der Waals surface area contributed by atoms with Crippen molar-refractivity contribution in [3.05, 3.63) is 71.5 Å². The minimum absolute atomic E-state index is 0.787. The summed E-state index contributed by atoms with van der Waals surface area (Å²) < 4.78 is 1.87. The highest BCUT2D eigenvalue weighted by molar-refractivity contribution is 5.88. The van der Waals surface area contributed by atoms with E-state index in [1.54, 1.807) is 0 Å². The first-order chi connectivity index (χ1) is 10.2. The lowest BCUT2D eigenvalue weighted by atomic mass is 10.2. The van der Waals surface area contributed by atoms with Crippen molar-refractivity contribution in [2.45, 2.75) is 13.5 Å². The number of hydrogen-bond donors (Lipinski definition) is 0. The summed E-state index contributed by atoms with van der Waals surface area (Å²) in [6.45, 7) is 2.87. The molecule has 0 fully saturated rings. The van der Waals surface area contributed by atoms with Gasteiger partial charge in [0.1, 0.15) is 0 Å². The summed E-state index contributed by atoms with van der Waals surface area (Å²) in [6, 6.07) is 14.5.